The Labute approximate surface area is 153 Å². The van der Waals surface area contributed by atoms with Crippen molar-refractivity contribution >= 4 is 22.9 Å². The van der Waals surface area contributed by atoms with Crippen molar-refractivity contribution in [1.82, 2.24) is 5.32 Å². The number of hydrogen-bond donors (Lipinski definition) is 3. The molecule has 1 aliphatic carbocycles. The summed E-state index contributed by atoms with van der Waals surface area (Å²) >= 11 is 0. The third kappa shape index (κ3) is 3.40. The first-order chi connectivity index (χ1) is 12.7. The normalized spacial score (nSPS) is 20.7. The van der Waals surface area contributed by atoms with Crippen molar-refractivity contribution in [3.05, 3.63) is 54.0 Å². The molecule has 2 heterocycles. The number of anilines is 2. The van der Waals surface area contributed by atoms with Crippen LogP contribution in [0.15, 0.2) is 47.1 Å². The Kier molecular flexibility index (Phi) is 4.80. The van der Waals surface area contributed by atoms with Gasteiger partial charge in [0, 0.05) is 23.5 Å². The minimum atomic E-state index is -0.225. The lowest BCUT2D eigenvalue weighted by atomic mass is 9.85. The number of benzene rings is 1. The fourth-order valence-corrected chi connectivity index (χ4v) is 3.82. The Morgan fingerprint density at radius 3 is 3.04 bits per heavy atom. The van der Waals surface area contributed by atoms with E-state index in [1.54, 1.807) is 12.1 Å². The van der Waals surface area contributed by atoms with Crippen LogP contribution in [0, 0.1) is 5.92 Å². The molecule has 0 saturated heterocycles. The van der Waals surface area contributed by atoms with Crippen LogP contribution in [-0.4, -0.2) is 25.0 Å². The topological polar surface area (TPSA) is 66.3 Å². The SMILES string of the molecule is CCCNCC1C=C2c3cc(NC(=O)c4ccco4)ccc3NC2CC1. The summed E-state index contributed by atoms with van der Waals surface area (Å²) in [5.41, 5.74) is 4.51. The molecule has 1 aromatic heterocycles. The van der Waals surface area contributed by atoms with Gasteiger partial charge in [-0.2, -0.15) is 0 Å². The van der Waals surface area contributed by atoms with E-state index >= 15 is 0 Å². The van der Waals surface area contributed by atoms with Crippen molar-refractivity contribution in [2.45, 2.75) is 32.2 Å². The highest BCUT2D eigenvalue weighted by Crippen LogP contribution is 2.42. The highest BCUT2D eigenvalue weighted by atomic mass is 16.3. The third-order valence-electron chi connectivity index (χ3n) is 5.11. The molecule has 136 valence electrons. The Bertz CT molecular complexity index is 811. The molecule has 0 radical (unpaired) electrons. The Hall–Kier alpha value is -2.53. The van der Waals surface area contributed by atoms with Crippen molar-refractivity contribution in [3.63, 3.8) is 0 Å². The molecule has 0 spiro atoms. The van der Waals surface area contributed by atoms with Crippen LogP contribution in [-0.2, 0) is 0 Å². The monoisotopic (exact) mass is 351 g/mol. The number of amides is 1. The number of nitrogens with one attached hydrogen (secondary N) is 3. The molecular formula is C21H25N3O2. The molecule has 1 amide bonds. The molecule has 0 fully saturated rings. The summed E-state index contributed by atoms with van der Waals surface area (Å²) in [6, 6.07) is 9.82. The average Bonchev–Trinajstić information content (AvgIpc) is 3.30. The summed E-state index contributed by atoms with van der Waals surface area (Å²) in [7, 11) is 0. The van der Waals surface area contributed by atoms with E-state index in [1.165, 1.54) is 23.8 Å². The van der Waals surface area contributed by atoms with Gasteiger partial charge in [-0.15, -0.1) is 0 Å². The lowest BCUT2D eigenvalue weighted by Crippen LogP contribution is -2.28. The predicted molar refractivity (Wildman–Crippen MR) is 104 cm³/mol. The Balaban J connectivity index is 1.52. The summed E-state index contributed by atoms with van der Waals surface area (Å²) < 4.78 is 5.16. The second-order valence-corrected chi connectivity index (χ2v) is 7.05. The number of carbonyl (C=O) groups excluding carboxylic acids is 1. The lowest BCUT2D eigenvalue weighted by molar-refractivity contribution is 0.0996. The van der Waals surface area contributed by atoms with E-state index in [1.807, 2.05) is 6.07 Å². The fraction of sp³-hybridized carbons (Fsp3) is 0.381. The maximum atomic E-state index is 12.2. The first-order valence-corrected chi connectivity index (χ1v) is 9.43. The predicted octanol–water partition coefficient (Wildman–Crippen LogP) is 4.12. The van der Waals surface area contributed by atoms with E-state index in [0.29, 0.717) is 17.7 Å². The second kappa shape index (κ2) is 7.38. The zero-order chi connectivity index (χ0) is 17.9. The lowest BCUT2D eigenvalue weighted by Gasteiger charge is -2.25. The van der Waals surface area contributed by atoms with Crippen molar-refractivity contribution in [2.24, 2.45) is 5.92 Å². The summed E-state index contributed by atoms with van der Waals surface area (Å²) in [5.74, 6) is 0.666. The van der Waals surface area contributed by atoms with Crippen molar-refractivity contribution in [2.75, 3.05) is 23.7 Å². The average molecular weight is 351 g/mol. The first kappa shape index (κ1) is 16.9. The second-order valence-electron chi connectivity index (χ2n) is 7.05. The molecule has 2 unspecified atom stereocenters. The molecule has 5 heteroatoms. The Morgan fingerprint density at radius 1 is 1.31 bits per heavy atom. The summed E-state index contributed by atoms with van der Waals surface area (Å²) in [6.07, 6.45) is 7.43. The number of carbonyl (C=O) groups is 1. The molecule has 0 bridgehead atoms. The van der Waals surface area contributed by atoms with Crippen LogP contribution in [0.3, 0.4) is 0 Å². The van der Waals surface area contributed by atoms with E-state index in [-0.39, 0.29) is 5.91 Å². The van der Waals surface area contributed by atoms with Crippen LogP contribution in [0.2, 0.25) is 0 Å². The third-order valence-corrected chi connectivity index (χ3v) is 5.11. The van der Waals surface area contributed by atoms with Gasteiger partial charge >= 0.3 is 0 Å². The quantitative estimate of drug-likeness (QED) is 0.685. The van der Waals surface area contributed by atoms with Gasteiger partial charge in [-0.25, -0.2) is 0 Å². The molecule has 1 aromatic carbocycles. The molecule has 1 aliphatic heterocycles. The molecule has 2 aromatic rings. The van der Waals surface area contributed by atoms with Crippen molar-refractivity contribution < 1.29 is 9.21 Å². The van der Waals surface area contributed by atoms with E-state index in [2.05, 4.69) is 41.1 Å². The zero-order valence-corrected chi connectivity index (χ0v) is 15.0. The van der Waals surface area contributed by atoms with Gasteiger partial charge in [0.05, 0.1) is 12.3 Å². The maximum Gasteiger partial charge on any atom is 0.291 e. The number of furan rings is 1. The summed E-state index contributed by atoms with van der Waals surface area (Å²) in [4.78, 5) is 12.2. The number of hydrogen-bond acceptors (Lipinski definition) is 4. The van der Waals surface area contributed by atoms with Crippen LogP contribution in [0.4, 0.5) is 11.4 Å². The van der Waals surface area contributed by atoms with Crippen LogP contribution in [0.5, 0.6) is 0 Å². The highest BCUT2D eigenvalue weighted by molar-refractivity contribution is 6.03. The first-order valence-electron chi connectivity index (χ1n) is 9.43. The molecule has 2 aliphatic rings. The standard InChI is InChI=1S/C21H25N3O2/c1-2-9-22-13-14-5-7-18-16(11-14)17-12-15(6-8-19(17)24-18)23-21(25)20-4-3-10-26-20/h3-4,6,8,10-12,14,18,22,24H,2,5,7,9,13H2,1H3,(H,23,25). The largest absolute Gasteiger partial charge is 0.459 e. The molecular weight excluding hydrogens is 326 g/mol. The number of rotatable bonds is 6. The summed E-state index contributed by atoms with van der Waals surface area (Å²) in [6.45, 7) is 4.30. The van der Waals surface area contributed by atoms with Crippen molar-refractivity contribution in [1.29, 1.82) is 0 Å². The van der Waals surface area contributed by atoms with E-state index in [9.17, 15) is 4.79 Å². The van der Waals surface area contributed by atoms with Crippen LogP contribution < -0.4 is 16.0 Å². The van der Waals surface area contributed by atoms with E-state index in [4.69, 9.17) is 4.42 Å². The molecule has 5 nitrogen and oxygen atoms in total. The minimum Gasteiger partial charge on any atom is -0.459 e. The number of fused-ring (bicyclic) bond motifs is 3. The van der Waals surface area contributed by atoms with Gasteiger partial charge in [-0.05, 0) is 67.6 Å². The van der Waals surface area contributed by atoms with Gasteiger partial charge in [0.15, 0.2) is 5.76 Å². The van der Waals surface area contributed by atoms with Gasteiger partial charge in [-0.1, -0.05) is 13.0 Å². The molecule has 26 heavy (non-hydrogen) atoms. The minimum absolute atomic E-state index is 0.225. The highest BCUT2D eigenvalue weighted by Gasteiger charge is 2.30. The maximum absolute atomic E-state index is 12.2. The van der Waals surface area contributed by atoms with Gasteiger partial charge in [-0.3, -0.25) is 4.79 Å². The summed E-state index contributed by atoms with van der Waals surface area (Å²) in [5, 5.41) is 10.1. The van der Waals surface area contributed by atoms with Crippen LogP contribution >= 0.6 is 0 Å². The van der Waals surface area contributed by atoms with Gasteiger partial charge in [0.25, 0.3) is 5.91 Å². The van der Waals surface area contributed by atoms with Gasteiger partial charge in [0.1, 0.15) is 0 Å². The molecule has 0 saturated carbocycles. The van der Waals surface area contributed by atoms with E-state index < -0.39 is 0 Å². The van der Waals surface area contributed by atoms with Crippen molar-refractivity contribution in [3.8, 4) is 0 Å². The molecule has 2 atom stereocenters. The zero-order valence-electron chi connectivity index (χ0n) is 15.0. The van der Waals surface area contributed by atoms with Crippen LogP contribution in [0.25, 0.3) is 5.57 Å². The molecule has 4 rings (SSSR count). The fourth-order valence-electron chi connectivity index (χ4n) is 3.82. The van der Waals surface area contributed by atoms with E-state index in [0.717, 1.165) is 37.3 Å². The van der Waals surface area contributed by atoms with Gasteiger partial charge in [0.2, 0.25) is 0 Å². The molecule has 3 N–H and O–H groups in total. The Morgan fingerprint density at radius 2 is 2.23 bits per heavy atom. The van der Waals surface area contributed by atoms with Crippen LogP contribution in [0.1, 0.15) is 42.3 Å². The smallest absolute Gasteiger partial charge is 0.291 e. The van der Waals surface area contributed by atoms with Gasteiger partial charge < -0.3 is 20.4 Å².